The molecule has 0 radical (unpaired) electrons. The van der Waals surface area contributed by atoms with Crippen LogP contribution in [0.4, 0.5) is 16.2 Å². The summed E-state index contributed by atoms with van der Waals surface area (Å²) in [6.07, 6.45) is 0.659. The minimum Gasteiger partial charge on any atom is -0.497 e. The van der Waals surface area contributed by atoms with Gasteiger partial charge in [-0.1, -0.05) is 20.3 Å². The van der Waals surface area contributed by atoms with Crippen LogP contribution in [0, 0.1) is 5.92 Å². The van der Waals surface area contributed by atoms with E-state index >= 15 is 0 Å². The first-order valence-electron chi connectivity index (χ1n) is 9.30. The highest BCUT2D eigenvalue weighted by molar-refractivity contribution is 7.92. The Bertz CT molecular complexity index is 975. The molecular formula is C20H26N4O5S. The predicted octanol–water partition coefficient (Wildman–Crippen LogP) is 2.52. The number of rotatable bonds is 9. The average molecular weight is 435 g/mol. The summed E-state index contributed by atoms with van der Waals surface area (Å²) in [5.41, 5.74) is 5.94. The number of ether oxygens (including phenoxy) is 1. The first-order valence-corrected chi connectivity index (χ1v) is 10.8. The number of hydrogen-bond donors (Lipinski definition) is 4. The van der Waals surface area contributed by atoms with Gasteiger partial charge in [0.2, 0.25) is 5.91 Å². The molecule has 3 amide bonds. The summed E-state index contributed by atoms with van der Waals surface area (Å²) in [4.78, 5) is 23.7. The van der Waals surface area contributed by atoms with Gasteiger partial charge in [-0.05, 0) is 54.4 Å². The number of methoxy groups -OCH3 is 1. The SMILES string of the molecule is CC[C@H](C)[C@H](NC(N)=O)C(=O)Nc1ccc(S(=O)(=O)Nc2ccc(OC)cc2)cc1. The van der Waals surface area contributed by atoms with Crippen LogP contribution in [0.2, 0.25) is 0 Å². The normalized spacial score (nSPS) is 13.0. The maximum Gasteiger partial charge on any atom is 0.312 e. The summed E-state index contributed by atoms with van der Waals surface area (Å²) in [7, 11) is -2.28. The van der Waals surface area contributed by atoms with E-state index < -0.39 is 28.0 Å². The summed E-state index contributed by atoms with van der Waals surface area (Å²) < 4.78 is 32.6. The third-order valence-corrected chi connectivity index (χ3v) is 5.96. The number of nitrogens with one attached hydrogen (secondary N) is 3. The van der Waals surface area contributed by atoms with Gasteiger partial charge in [0.05, 0.1) is 12.0 Å². The van der Waals surface area contributed by atoms with Gasteiger partial charge in [-0.3, -0.25) is 9.52 Å². The van der Waals surface area contributed by atoms with Crippen LogP contribution in [0.5, 0.6) is 5.75 Å². The van der Waals surface area contributed by atoms with Gasteiger partial charge in [0, 0.05) is 11.4 Å². The van der Waals surface area contributed by atoms with Crippen LogP contribution in [0.15, 0.2) is 53.4 Å². The third-order valence-electron chi connectivity index (χ3n) is 4.57. The molecule has 0 heterocycles. The van der Waals surface area contributed by atoms with Crippen molar-refractivity contribution in [2.75, 3.05) is 17.1 Å². The molecule has 0 aliphatic heterocycles. The zero-order valence-electron chi connectivity index (χ0n) is 17.0. The number of anilines is 2. The molecule has 10 heteroatoms. The summed E-state index contributed by atoms with van der Waals surface area (Å²) >= 11 is 0. The summed E-state index contributed by atoms with van der Waals surface area (Å²) in [5.74, 6) is 0.0422. The molecule has 0 aromatic heterocycles. The van der Waals surface area contributed by atoms with E-state index in [4.69, 9.17) is 10.5 Å². The molecule has 0 saturated carbocycles. The van der Waals surface area contributed by atoms with Crippen molar-refractivity contribution in [2.45, 2.75) is 31.2 Å². The van der Waals surface area contributed by atoms with Crippen molar-refractivity contribution in [3.8, 4) is 5.75 Å². The number of urea groups is 1. The number of nitrogens with two attached hydrogens (primary N) is 1. The van der Waals surface area contributed by atoms with Gasteiger partial charge >= 0.3 is 6.03 Å². The fourth-order valence-corrected chi connectivity index (χ4v) is 3.72. The van der Waals surface area contributed by atoms with Gasteiger partial charge in [-0.15, -0.1) is 0 Å². The molecule has 9 nitrogen and oxygen atoms in total. The Kier molecular flexibility index (Phi) is 7.65. The van der Waals surface area contributed by atoms with Gasteiger partial charge in [0.15, 0.2) is 0 Å². The van der Waals surface area contributed by atoms with Crippen LogP contribution < -0.4 is 25.8 Å². The topological polar surface area (TPSA) is 140 Å². The molecule has 2 aromatic carbocycles. The highest BCUT2D eigenvalue weighted by Gasteiger charge is 2.25. The van der Waals surface area contributed by atoms with Crippen molar-refractivity contribution in [1.29, 1.82) is 0 Å². The fourth-order valence-electron chi connectivity index (χ4n) is 2.67. The van der Waals surface area contributed by atoms with E-state index in [0.717, 1.165) is 0 Å². The molecule has 0 aliphatic rings. The Morgan fingerprint density at radius 3 is 2.10 bits per heavy atom. The van der Waals surface area contributed by atoms with Crippen molar-refractivity contribution < 1.29 is 22.7 Å². The van der Waals surface area contributed by atoms with Crippen molar-refractivity contribution >= 4 is 33.3 Å². The monoisotopic (exact) mass is 434 g/mol. The maximum absolute atomic E-state index is 12.6. The van der Waals surface area contributed by atoms with E-state index in [-0.39, 0.29) is 10.8 Å². The summed E-state index contributed by atoms with van der Waals surface area (Å²) in [6.45, 7) is 3.71. The average Bonchev–Trinajstić information content (AvgIpc) is 2.72. The van der Waals surface area contributed by atoms with Gasteiger partial charge in [0.25, 0.3) is 10.0 Å². The van der Waals surface area contributed by atoms with Crippen LogP contribution in [0.25, 0.3) is 0 Å². The van der Waals surface area contributed by atoms with Crippen LogP contribution >= 0.6 is 0 Å². The lowest BCUT2D eigenvalue weighted by Gasteiger charge is -2.22. The molecular weight excluding hydrogens is 408 g/mol. The van der Waals surface area contributed by atoms with E-state index in [1.807, 2.05) is 13.8 Å². The largest absolute Gasteiger partial charge is 0.497 e. The molecule has 162 valence electrons. The molecule has 2 aromatic rings. The van der Waals surface area contributed by atoms with E-state index in [1.165, 1.54) is 31.4 Å². The lowest BCUT2D eigenvalue weighted by atomic mass is 9.98. The van der Waals surface area contributed by atoms with Crippen LogP contribution in [0.3, 0.4) is 0 Å². The van der Waals surface area contributed by atoms with E-state index in [1.54, 1.807) is 24.3 Å². The number of sulfonamides is 1. The first kappa shape index (κ1) is 23.0. The molecule has 30 heavy (non-hydrogen) atoms. The summed E-state index contributed by atoms with van der Waals surface area (Å²) in [5, 5.41) is 5.10. The molecule has 0 saturated heterocycles. The second-order valence-electron chi connectivity index (χ2n) is 6.72. The Morgan fingerprint density at radius 1 is 1.03 bits per heavy atom. The number of carbonyl (C=O) groups is 2. The zero-order valence-corrected chi connectivity index (χ0v) is 17.8. The van der Waals surface area contributed by atoms with Crippen LogP contribution in [0.1, 0.15) is 20.3 Å². The molecule has 2 atom stereocenters. The van der Waals surface area contributed by atoms with E-state index in [9.17, 15) is 18.0 Å². The predicted molar refractivity (Wildman–Crippen MR) is 115 cm³/mol. The Balaban J connectivity index is 2.10. The highest BCUT2D eigenvalue weighted by atomic mass is 32.2. The van der Waals surface area contributed by atoms with Gasteiger partial charge in [-0.25, -0.2) is 13.2 Å². The fraction of sp³-hybridized carbons (Fsp3) is 0.300. The second kappa shape index (κ2) is 9.97. The molecule has 0 spiro atoms. The number of amides is 3. The highest BCUT2D eigenvalue weighted by Crippen LogP contribution is 2.21. The van der Waals surface area contributed by atoms with Gasteiger partial charge in [0.1, 0.15) is 11.8 Å². The van der Waals surface area contributed by atoms with Crippen LogP contribution in [-0.4, -0.2) is 33.5 Å². The van der Waals surface area contributed by atoms with Crippen molar-refractivity contribution in [3.05, 3.63) is 48.5 Å². The Labute approximate surface area is 176 Å². The van der Waals surface area contributed by atoms with Crippen molar-refractivity contribution in [2.24, 2.45) is 11.7 Å². The Morgan fingerprint density at radius 2 is 1.60 bits per heavy atom. The molecule has 0 fully saturated rings. The van der Waals surface area contributed by atoms with Crippen molar-refractivity contribution in [1.82, 2.24) is 5.32 Å². The lowest BCUT2D eigenvalue weighted by Crippen LogP contribution is -2.49. The maximum atomic E-state index is 12.6. The lowest BCUT2D eigenvalue weighted by molar-refractivity contribution is -0.119. The number of hydrogen-bond acceptors (Lipinski definition) is 5. The number of carbonyl (C=O) groups excluding carboxylic acids is 2. The minimum atomic E-state index is -3.80. The molecule has 0 bridgehead atoms. The van der Waals surface area contributed by atoms with Crippen molar-refractivity contribution in [3.63, 3.8) is 0 Å². The standard InChI is InChI=1S/C20H26N4O5S/c1-4-13(2)18(23-20(21)26)19(25)22-14-7-11-17(12-8-14)30(27,28)24-15-5-9-16(29-3)10-6-15/h5-13,18,24H,4H2,1-3H3,(H,22,25)(H3,21,23,26)/t13-,18-/m0/s1. The molecule has 5 N–H and O–H groups in total. The van der Waals surface area contributed by atoms with Crippen LogP contribution in [-0.2, 0) is 14.8 Å². The minimum absolute atomic E-state index is 0.0325. The van der Waals surface area contributed by atoms with E-state index in [0.29, 0.717) is 23.5 Å². The second-order valence-corrected chi connectivity index (χ2v) is 8.40. The Hall–Kier alpha value is -3.27. The third kappa shape index (κ3) is 6.11. The van der Waals surface area contributed by atoms with Gasteiger partial charge < -0.3 is 21.1 Å². The zero-order chi connectivity index (χ0) is 22.3. The summed E-state index contributed by atoms with van der Waals surface area (Å²) in [6, 6.07) is 10.6. The quantitative estimate of drug-likeness (QED) is 0.480. The number of primary amides is 1. The molecule has 0 unspecified atom stereocenters. The van der Waals surface area contributed by atoms with E-state index in [2.05, 4.69) is 15.4 Å². The number of benzene rings is 2. The van der Waals surface area contributed by atoms with Gasteiger partial charge in [-0.2, -0.15) is 0 Å². The first-order chi connectivity index (χ1) is 14.2. The molecule has 0 aliphatic carbocycles. The molecule has 2 rings (SSSR count). The smallest absolute Gasteiger partial charge is 0.312 e.